The summed E-state index contributed by atoms with van der Waals surface area (Å²) < 4.78 is 1.13. The Morgan fingerprint density at radius 1 is 1.59 bits per heavy atom. The largest absolute Gasteiger partial charge is 0.355 e. The summed E-state index contributed by atoms with van der Waals surface area (Å²) in [5, 5.41) is 2.11. The molecule has 2 heterocycles. The van der Waals surface area contributed by atoms with E-state index >= 15 is 0 Å². The Kier molecular flexibility index (Phi) is 3.93. The second-order valence-electron chi connectivity index (χ2n) is 3.50. The Morgan fingerprint density at radius 3 is 3.06 bits per heavy atom. The molecule has 0 saturated carbocycles. The Morgan fingerprint density at radius 2 is 2.41 bits per heavy atom. The highest BCUT2D eigenvalue weighted by Gasteiger charge is 2.06. The average molecular weight is 314 g/mol. The zero-order valence-electron chi connectivity index (χ0n) is 9.22. The summed E-state index contributed by atoms with van der Waals surface area (Å²) in [4.78, 5) is 10.3. The zero-order chi connectivity index (χ0) is 12.3. The van der Waals surface area contributed by atoms with Crippen molar-refractivity contribution in [1.29, 1.82) is 0 Å². The van der Waals surface area contributed by atoms with Crippen molar-refractivity contribution in [3.05, 3.63) is 33.1 Å². The number of aromatic nitrogens is 2. The van der Waals surface area contributed by atoms with E-state index in [2.05, 4.69) is 42.8 Å². The van der Waals surface area contributed by atoms with Crippen molar-refractivity contribution in [1.82, 2.24) is 9.97 Å². The van der Waals surface area contributed by atoms with Gasteiger partial charge in [0, 0.05) is 19.8 Å². The molecule has 2 aromatic rings. The van der Waals surface area contributed by atoms with Gasteiger partial charge >= 0.3 is 0 Å². The Labute approximate surface area is 112 Å². The molecular weight excluding hydrogens is 302 g/mol. The molecule has 0 aromatic carbocycles. The van der Waals surface area contributed by atoms with Gasteiger partial charge in [-0.25, -0.2) is 10.8 Å². The number of thiophene rings is 1. The number of nitrogens with one attached hydrogen (secondary N) is 1. The maximum absolute atomic E-state index is 5.28. The molecule has 0 aliphatic rings. The van der Waals surface area contributed by atoms with Crippen LogP contribution >= 0.6 is 27.3 Å². The molecule has 2 aromatic heterocycles. The van der Waals surface area contributed by atoms with Gasteiger partial charge in [-0.3, -0.25) is 5.43 Å². The van der Waals surface area contributed by atoms with Crippen LogP contribution in [0.3, 0.4) is 0 Å². The molecular formula is C10H12BrN5S. The van der Waals surface area contributed by atoms with E-state index in [9.17, 15) is 0 Å². The number of hydrogen-bond acceptors (Lipinski definition) is 6. The lowest BCUT2D eigenvalue weighted by molar-refractivity contribution is 0.894. The number of nitrogens with two attached hydrogens (primary N) is 1. The second-order valence-corrected chi connectivity index (χ2v) is 5.79. The lowest BCUT2D eigenvalue weighted by Crippen LogP contribution is -2.19. The highest BCUT2D eigenvalue weighted by molar-refractivity contribution is 9.11. The fourth-order valence-corrected chi connectivity index (χ4v) is 2.62. The first-order chi connectivity index (χ1) is 8.19. The van der Waals surface area contributed by atoms with Crippen LogP contribution in [0.2, 0.25) is 0 Å². The summed E-state index contributed by atoms with van der Waals surface area (Å²) in [6, 6.07) is 3.95. The molecule has 7 heteroatoms. The second kappa shape index (κ2) is 5.44. The van der Waals surface area contributed by atoms with Crippen LogP contribution in [0.15, 0.2) is 27.5 Å². The standard InChI is InChI=1S/C10H12BrN5S/c1-16(5-7-4-8(11)17-6-7)9-2-3-13-10(14-9)15-12/h2-4,6H,5,12H2,1H3,(H,13,14,15). The van der Waals surface area contributed by atoms with Crippen LogP contribution in [-0.2, 0) is 6.54 Å². The van der Waals surface area contributed by atoms with Gasteiger partial charge in [0.05, 0.1) is 3.79 Å². The molecule has 0 aliphatic carbocycles. The molecule has 5 nitrogen and oxygen atoms in total. The molecule has 3 N–H and O–H groups in total. The van der Waals surface area contributed by atoms with E-state index in [1.807, 2.05) is 18.0 Å². The molecule has 0 amide bonds. The van der Waals surface area contributed by atoms with E-state index in [1.54, 1.807) is 17.5 Å². The number of nitrogens with zero attached hydrogens (tertiary/aromatic N) is 3. The minimum Gasteiger partial charge on any atom is -0.355 e. The number of nitrogen functional groups attached to an aromatic ring is 1. The summed E-state index contributed by atoms with van der Waals surface area (Å²) in [6.45, 7) is 0.795. The third-order valence-corrected chi connectivity index (χ3v) is 3.76. The Hall–Kier alpha value is -1.18. The number of halogens is 1. The minimum atomic E-state index is 0.417. The fourth-order valence-electron chi connectivity index (χ4n) is 1.41. The van der Waals surface area contributed by atoms with Gasteiger partial charge in [-0.15, -0.1) is 11.3 Å². The van der Waals surface area contributed by atoms with Gasteiger partial charge in [-0.1, -0.05) is 0 Å². The van der Waals surface area contributed by atoms with E-state index in [4.69, 9.17) is 5.84 Å². The molecule has 0 aliphatic heterocycles. The maximum Gasteiger partial charge on any atom is 0.239 e. The quantitative estimate of drug-likeness (QED) is 0.669. The van der Waals surface area contributed by atoms with Crippen molar-refractivity contribution in [2.24, 2.45) is 5.84 Å². The predicted molar refractivity (Wildman–Crippen MR) is 74.0 cm³/mol. The Balaban J connectivity index is 2.11. The van der Waals surface area contributed by atoms with Crippen molar-refractivity contribution < 1.29 is 0 Å². The maximum atomic E-state index is 5.28. The van der Waals surface area contributed by atoms with Crippen LogP contribution in [-0.4, -0.2) is 17.0 Å². The minimum absolute atomic E-state index is 0.417. The van der Waals surface area contributed by atoms with Gasteiger partial charge in [-0.05, 0) is 39.0 Å². The van der Waals surface area contributed by atoms with Crippen LogP contribution in [0.4, 0.5) is 11.8 Å². The average Bonchev–Trinajstić information content (AvgIpc) is 2.75. The molecule has 0 saturated heterocycles. The number of anilines is 2. The number of hydrazine groups is 1. The van der Waals surface area contributed by atoms with Gasteiger partial charge in [0.1, 0.15) is 5.82 Å². The van der Waals surface area contributed by atoms with Gasteiger partial charge in [0.25, 0.3) is 0 Å². The summed E-state index contributed by atoms with van der Waals surface area (Å²) >= 11 is 5.12. The van der Waals surface area contributed by atoms with Gasteiger partial charge in [0.2, 0.25) is 5.95 Å². The van der Waals surface area contributed by atoms with Gasteiger partial charge in [0.15, 0.2) is 0 Å². The van der Waals surface area contributed by atoms with Gasteiger partial charge < -0.3 is 4.90 Å². The van der Waals surface area contributed by atoms with E-state index in [0.29, 0.717) is 5.95 Å². The van der Waals surface area contributed by atoms with Crippen LogP contribution in [0.25, 0.3) is 0 Å². The van der Waals surface area contributed by atoms with Crippen molar-refractivity contribution in [3.8, 4) is 0 Å². The first-order valence-corrected chi connectivity index (χ1v) is 6.60. The van der Waals surface area contributed by atoms with Crippen LogP contribution in [0.1, 0.15) is 5.56 Å². The molecule has 0 atom stereocenters. The summed E-state index contributed by atoms with van der Waals surface area (Å²) in [6.07, 6.45) is 1.68. The number of rotatable bonds is 4. The monoisotopic (exact) mass is 313 g/mol. The third-order valence-electron chi connectivity index (χ3n) is 2.20. The molecule has 17 heavy (non-hydrogen) atoms. The van der Waals surface area contributed by atoms with E-state index < -0.39 is 0 Å². The van der Waals surface area contributed by atoms with Crippen molar-refractivity contribution in [3.63, 3.8) is 0 Å². The van der Waals surface area contributed by atoms with Gasteiger partial charge in [-0.2, -0.15) is 4.98 Å². The van der Waals surface area contributed by atoms with Crippen molar-refractivity contribution in [2.45, 2.75) is 6.54 Å². The smallest absolute Gasteiger partial charge is 0.239 e. The first-order valence-electron chi connectivity index (χ1n) is 4.93. The summed E-state index contributed by atoms with van der Waals surface area (Å²) in [5.41, 5.74) is 3.68. The van der Waals surface area contributed by atoms with Crippen LogP contribution in [0, 0.1) is 0 Å². The Bertz CT molecular complexity index is 501. The fraction of sp³-hybridized carbons (Fsp3) is 0.200. The first kappa shape index (κ1) is 12.3. The zero-order valence-corrected chi connectivity index (χ0v) is 11.6. The topological polar surface area (TPSA) is 67.1 Å². The molecule has 90 valence electrons. The molecule has 0 radical (unpaired) electrons. The molecule has 0 bridgehead atoms. The number of hydrogen-bond donors (Lipinski definition) is 2. The SMILES string of the molecule is CN(Cc1csc(Br)c1)c1ccnc(NN)n1. The summed E-state index contributed by atoms with van der Waals surface area (Å²) in [7, 11) is 1.98. The van der Waals surface area contributed by atoms with Crippen LogP contribution in [0.5, 0.6) is 0 Å². The van der Waals surface area contributed by atoms with E-state index in [1.165, 1.54) is 5.56 Å². The molecule has 0 unspecified atom stereocenters. The van der Waals surface area contributed by atoms with E-state index in [-0.39, 0.29) is 0 Å². The predicted octanol–water partition coefficient (Wildman–Crippen LogP) is 2.22. The summed E-state index contributed by atoms with van der Waals surface area (Å²) in [5.74, 6) is 6.52. The molecule has 0 fully saturated rings. The van der Waals surface area contributed by atoms with E-state index in [0.717, 1.165) is 16.1 Å². The third kappa shape index (κ3) is 3.15. The molecule has 2 rings (SSSR count). The lowest BCUT2D eigenvalue weighted by Gasteiger charge is -2.17. The van der Waals surface area contributed by atoms with Crippen LogP contribution < -0.4 is 16.2 Å². The van der Waals surface area contributed by atoms with Crippen molar-refractivity contribution >= 4 is 39.0 Å². The molecule has 0 spiro atoms. The normalized spacial score (nSPS) is 10.3. The highest BCUT2D eigenvalue weighted by atomic mass is 79.9. The van der Waals surface area contributed by atoms with Crippen molar-refractivity contribution in [2.75, 3.05) is 17.4 Å². The lowest BCUT2D eigenvalue weighted by atomic mass is 10.3. The highest BCUT2D eigenvalue weighted by Crippen LogP contribution is 2.22.